The van der Waals surface area contributed by atoms with Gasteiger partial charge in [0, 0.05) is 6.42 Å². The van der Waals surface area contributed by atoms with Crippen molar-refractivity contribution in [2.45, 2.75) is 69.5 Å². The van der Waals surface area contributed by atoms with Gasteiger partial charge in [-0.25, -0.2) is 0 Å². The van der Waals surface area contributed by atoms with Crippen LogP contribution in [0.1, 0.15) is 45.2 Å². The number of phenolic OH excluding ortho intramolecular Hbond substituents is 1. The average molecular weight is 703 g/mol. The SMILES string of the molecule is CCNC(C)(S)COC(C)(C)CCNC(Cc1ccc(O)cc1)C(=O)NCC(=O)NC(Cc1ccccc1)C(=O)NCC(=O)NCC(=O)O. The van der Waals surface area contributed by atoms with Gasteiger partial charge in [0.2, 0.25) is 23.6 Å². The molecule has 0 aromatic heterocycles. The molecule has 0 fully saturated rings. The summed E-state index contributed by atoms with van der Waals surface area (Å²) in [5, 5.41) is 34.8. The van der Waals surface area contributed by atoms with E-state index in [2.05, 4.69) is 44.5 Å². The summed E-state index contributed by atoms with van der Waals surface area (Å²) in [4.78, 5) is 61.5. The van der Waals surface area contributed by atoms with Crippen LogP contribution in [0.2, 0.25) is 0 Å². The molecule has 0 heterocycles. The summed E-state index contributed by atoms with van der Waals surface area (Å²) in [7, 11) is 0. The quantitative estimate of drug-likeness (QED) is 0.0613. The summed E-state index contributed by atoms with van der Waals surface area (Å²) in [6, 6.07) is 13.6. The first-order valence-corrected chi connectivity index (χ1v) is 16.5. The zero-order valence-corrected chi connectivity index (χ0v) is 29.4. The minimum absolute atomic E-state index is 0.0945. The molecule has 0 saturated carbocycles. The molecule has 2 rings (SSSR count). The van der Waals surface area contributed by atoms with E-state index in [4.69, 9.17) is 9.84 Å². The minimum Gasteiger partial charge on any atom is -0.508 e. The van der Waals surface area contributed by atoms with Gasteiger partial charge >= 0.3 is 5.97 Å². The third-order valence-electron chi connectivity index (χ3n) is 7.33. The van der Waals surface area contributed by atoms with Crippen molar-refractivity contribution in [3.63, 3.8) is 0 Å². The van der Waals surface area contributed by atoms with Gasteiger partial charge in [0.25, 0.3) is 0 Å². The number of benzene rings is 2. The molecule has 2 aromatic carbocycles. The molecule has 2 aromatic rings. The molecule has 49 heavy (non-hydrogen) atoms. The highest BCUT2D eigenvalue weighted by atomic mass is 32.1. The number of aromatic hydroxyl groups is 1. The number of aliphatic carboxylic acids is 1. The number of likely N-dealkylation sites (N-methyl/N-ethyl adjacent to an activating group) is 1. The maximum absolute atomic E-state index is 13.4. The van der Waals surface area contributed by atoms with E-state index in [1.807, 2.05) is 27.7 Å². The summed E-state index contributed by atoms with van der Waals surface area (Å²) in [6.07, 6.45) is 0.938. The largest absolute Gasteiger partial charge is 0.508 e. The summed E-state index contributed by atoms with van der Waals surface area (Å²) in [5.41, 5.74) is 0.999. The molecule has 15 heteroatoms. The van der Waals surface area contributed by atoms with Crippen molar-refractivity contribution < 1.29 is 38.9 Å². The van der Waals surface area contributed by atoms with E-state index >= 15 is 0 Å². The molecule has 0 radical (unpaired) electrons. The second kappa shape index (κ2) is 20.4. The molecule has 0 aliphatic heterocycles. The van der Waals surface area contributed by atoms with Gasteiger partial charge in [0.15, 0.2) is 0 Å². The highest BCUT2D eigenvalue weighted by Crippen LogP contribution is 2.19. The lowest BCUT2D eigenvalue weighted by molar-refractivity contribution is -0.138. The minimum atomic E-state index is -1.23. The Bertz CT molecular complexity index is 1370. The van der Waals surface area contributed by atoms with Crippen LogP contribution >= 0.6 is 12.6 Å². The van der Waals surface area contributed by atoms with Crippen LogP contribution in [0.15, 0.2) is 54.6 Å². The van der Waals surface area contributed by atoms with Gasteiger partial charge in [-0.15, -0.1) is 0 Å². The van der Waals surface area contributed by atoms with Crippen LogP contribution in [0.4, 0.5) is 0 Å². The van der Waals surface area contributed by atoms with Gasteiger partial charge in [-0.2, -0.15) is 12.6 Å². The number of nitrogens with one attached hydrogen (secondary N) is 6. The maximum Gasteiger partial charge on any atom is 0.322 e. The fourth-order valence-electron chi connectivity index (χ4n) is 4.63. The Morgan fingerprint density at radius 3 is 1.98 bits per heavy atom. The van der Waals surface area contributed by atoms with E-state index in [1.54, 1.807) is 42.5 Å². The Morgan fingerprint density at radius 1 is 0.796 bits per heavy atom. The van der Waals surface area contributed by atoms with Crippen LogP contribution < -0.4 is 31.9 Å². The maximum atomic E-state index is 13.4. The molecular formula is C34H50N6O8S. The van der Waals surface area contributed by atoms with E-state index in [-0.39, 0.29) is 18.6 Å². The first kappa shape index (κ1) is 41.0. The number of ether oxygens (including phenoxy) is 1. The number of thiol groups is 1. The van der Waals surface area contributed by atoms with E-state index < -0.39 is 71.8 Å². The predicted octanol–water partition coefficient (Wildman–Crippen LogP) is 0.494. The number of carboxylic acids is 1. The van der Waals surface area contributed by atoms with Gasteiger partial charge in [0.05, 0.1) is 36.2 Å². The number of phenols is 1. The lowest BCUT2D eigenvalue weighted by Crippen LogP contribution is -2.53. The molecule has 270 valence electrons. The van der Waals surface area contributed by atoms with Crippen LogP contribution in [0, 0.1) is 0 Å². The summed E-state index contributed by atoms with van der Waals surface area (Å²) < 4.78 is 6.11. The normalized spacial score (nSPS) is 13.7. The van der Waals surface area contributed by atoms with Crippen molar-refractivity contribution in [3.05, 3.63) is 65.7 Å². The third-order valence-corrected chi connectivity index (χ3v) is 7.62. The summed E-state index contributed by atoms with van der Waals surface area (Å²) in [5.74, 6) is -3.58. The topological polar surface area (TPSA) is 207 Å². The molecule has 0 spiro atoms. The first-order chi connectivity index (χ1) is 23.1. The standard InChI is InChI=1S/C34H50N6O8S/c1-5-39-34(4,49)22-48-33(2,3)15-16-35-26(17-24-11-13-25(41)14-12-24)31(46)38-20-29(43)40-27(18-23-9-7-6-8-10-23)32(47)37-19-28(42)36-21-30(44)45/h6-14,26-27,35,39,41,49H,5,15-22H2,1-4H3,(H,36,42)(H,37,47)(H,38,46)(H,40,43)(H,44,45). The number of carbonyl (C=O) groups excluding carboxylic acids is 4. The number of carboxylic acid groups (broad SMARTS) is 1. The molecule has 0 bridgehead atoms. The van der Waals surface area contributed by atoms with Crippen LogP contribution in [-0.4, -0.2) is 102 Å². The lowest BCUT2D eigenvalue weighted by Gasteiger charge is -2.32. The van der Waals surface area contributed by atoms with Gasteiger partial charge in [-0.1, -0.05) is 49.4 Å². The Hall–Kier alpha value is -4.18. The molecule has 0 aliphatic carbocycles. The second-order valence-corrected chi connectivity index (χ2v) is 13.4. The molecule has 14 nitrogen and oxygen atoms in total. The van der Waals surface area contributed by atoms with Crippen molar-refractivity contribution in [1.82, 2.24) is 31.9 Å². The molecule has 3 unspecified atom stereocenters. The van der Waals surface area contributed by atoms with Gasteiger partial charge in [-0.05, 0) is 70.0 Å². The highest BCUT2D eigenvalue weighted by molar-refractivity contribution is 7.81. The van der Waals surface area contributed by atoms with Gasteiger partial charge < -0.3 is 46.9 Å². The highest BCUT2D eigenvalue weighted by Gasteiger charge is 2.27. The van der Waals surface area contributed by atoms with E-state index in [0.29, 0.717) is 19.6 Å². The number of rotatable bonds is 22. The van der Waals surface area contributed by atoms with Gasteiger partial charge in [0.1, 0.15) is 18.3 Å². The Balaban J connectivity index is 2.04. The number of amides is 4. The fourth-order valence-corrected chi connectivity index (χ4v) is 4.86. The molecule has 0 saturated heterocycles. The molecular weight excluding hydrogens is 652 g/mol. The first-order valence-electron chi connectivity index (χ1n) is 16.1. The number of hydrogen-bond donors (Lipinski definition) is 9. The van der Waals surface area contributed by atoms with Gasteiger partial charge in [-0.3, -0.25) is 24.0 Å². The number of carbonyl (C=O) groups is 5. The van der Waals surface area contributed by atoms with Crippen molar-refractivity contribution in [1.29, 1.82) is 0 Å². The van der Waals surface area contributed by atoms with Crippen molar-refractivity contribution >= 4 is 42.2 Å². The van der Waals surface area contributed by atoms with E-state index in [1.165, 1.54) is 12.1 Å². The van der Waals surface area contributed by atoms with Crippen molar-refractivity contribution in [3.8, 4) is 5.75 Å². The molecule has 8 N–H and O–H groups in total. The van der Waals surface area contributed by atoms with Crippen molar-refractivity contribution in [2.75, 3.05) is 39.3 Å². The lowest BCUT2D eigenvalue weighted by atomic mass is 10.0. The van der Waals surface area contributed by atoms with E-state index in [9.17, 15) is 29.1 Å². The second-order valence-electron chi connectivity index (χ2n) is 12.4. The fraction of sp³-hybridized carbons (Fsp3) is 0.500. The van der Waals surface area contributed by atoms with Crippen LogP contribution in [0.25, 0.3) is 0 Å². The zero-order valence-electron chi connectivity index (χ0n) is 28.5. The Morgan fingerprint density at radius 2 is 1.37 bits per heavy atom. The van der Waals surface area contributed by atoms with Crippen LogP contribution in [-0.2, 0) is 41.6 Å². The number of hydrogen-bond acceptors (Lipinski definition) is 10. The third kappa shape index (κ3) is 17.2. The van der Waals surface area contributed by atoms with E-state index in [0.717, 1.165) is 17.7 Å². The summed E-state index contributed by atoms with van der Waals surface area (Å²) in [6.45, 7) is 7.84. The summed E-state index contributed by atoms with van der Waals surface area (Å²) >= 11 is 4.61. The van der Waals surface area contributed by atoms with Crippen LogP contribution in [0.5, 0.6) is 5.75 Å². The Kier molecular flexibility index (Phi) is 17.0. The zero-order chi connectivity index (χ0) is 36.5. The Labute approximate surface area is 292 Å². The predicted molar refractivity (Wildman–Crippen MR) is 188 cm³/mol. The molecule has 3 atom stereocenters. The monoisotopic (exact) mass is 702 g/mol. The van der Waals surface area contributed by atoms with Crippen molar-refractivity contribution in [2.24, 2.45) is 0 Å². The molecule has 4 amide bonds. The average Bonchev–Trinajstić information content (AvgIpc) is 3.05. The van der Waals surface area contributed by atoms with Crippen LogP contribution in [0.3, 0.4) is 0 Å². The smallest absolute Gasteiger partial charge is 0.322 e. The molecule has 0 aliphatic rings.